The van der Waals surface area contributed by atoms with Gasteiger partial charge in [-0.3, -0.25) is 0 Å². The van der Waals surface area contributed by atoms with Crippen molar-refractivity contribution in [1.82, 2.24) is 4.90 Å². The molecule has 5 nitrogen and oxygen atoms in total. The van der Waals surface area contributed by atoms with E-state index < -0.39 is 5.60 Å². The summed E-state index contributed by atoms with van der Waals surface area (Å²) in [5.74, 6) is 0. The van der Waals surface area contributed by atoms with Gasteiger partial charge < -0.3 is 20.1 Å². The Bertz CT molecular complexity index is 308. The van der Waals surface area contributed by atoms with Gasteiger partial charge in [0.1, 0.15) is 5.60 Å². The van der Waals surface area contributed by atoms with E-state index in [1.165, 1.54) is 19.3 Å². The lowest BCUT2D eigenvalue weighted by Crippen LogP contribution is -2.43. The minimum Gasteiger partial charge on any atom is -0.444 e. The molecule has 1 heterocycles. The number of nitrogens with zero attached hydrogens (tertiary/aromatic N) is 1. The van der Waals surface area contributed by atoms with Crippen molar-refractivity contribution in [3.05, 3.63) is 0 Å². The van der Waals surface area contributed by atoms with Crippen LogP contribution in [-0.2, 0) is 9.47 Å². The Labute approximate surface area is 135 Å². The largest absolute Gasteiger partial charge is 0.444 e. The summed E-state index contributed by atoms with van der Waals surface area (Å²) in [6.45, 7) is 8.79. The Hall–Kier alpha value is -0.810. The van der Waals surface area contributed by atoms with Crippen molar-refractivity contribution < 1.29 is 14.3 Å². The van der Waals surface area contributed by atoms with Gasteiger partial charge in [0.15, 0.2) is 0 Å². The molecule has 1 rings (SSSR count). The van der Waals surface area contributed by atoms with E-state index in [0.717, 1.165) is 51.9 Å². The average Bonchev–Trinajstić information content (AvgIpc) is 2.45. The summed E-state index contributed by atoms with van der Waals surface area (Å²) in [6.07, 6.45) is 7.85. The number of hydrogen-bond donors (Lipinski definition) is 1. The molecule has 0 atom stereocenters. The van der Waals surface area contributed by atoms with E-state index in [2.05, 4.69) is 0 Å². The molecule has 1 amide bonds. The van der Waals surface area contributed by atoms with Gasteiger partial charge >= 0.3 is 6.09 Å². The Morgan fingerprint density at radius 3 is 2.27 bits per heavy atom. The summed E-state index contributed by atoms with van der Waals surface area (Å²) in [5, 5.41) is 0. The molecule has 0 saturated carbocycles. The minimum absolute atomic E-state index is 0.203. The number of unbranched alkanes of at least 4 members (excludes halogenated alkanes) is 4. The highest BCUT2D eigenvalue weighted by Crippen LogP contribution is 2.17. The maximum atomic E-state index is 12.0. The number of carbonyl (C=O) groups is 1. The molecular formula is C17H34N2O3. The van der Waals surface area contributed by atoms with Crippen LogP contribution >= 0.6 is 0 Å². The standard InChI is InChI=1S/C17H34N2O3/c1-17(2,3)22-16(20)19-12-9-15(10-13-19)21-14-8-6-4-5-7-11-18/h15H,4-14,18H2,1-3H3. The molecule has 0 aromatic heterocycles. The van der Waals surface area contributed by atoms with Gasteiger partial charge in [0.05, 0.1) is 6.10 Å². The third kappa shape index (κ3) is 8.59. The summed E-state index contributed by atoms with van der Waals surface area (Å²) in [5.41, 5.74) is 5.05. The van der Waals surface area contributed by atoms with Crippen molar-refractivity contribution >= 4 is 6.09 Å². The zero-order chi connectivity index (χ0) is 16.4. The Morgan fingerprint density at radius 2 is 1.68 bits per heavy atom. The Balaban J connectivity index is 2.06. The second-order valence-corrected chi connectivity index (χ2v) is 7.09. The van der Waals surface area contributed by atoms with Crippen LogP contribution in [0.3, 0.4) is 0 Å². The average molecular weight is 314 g/mol. The Morgan fingerprint density at radius 1 is 1.09 bits per heavy atom. The van der Waals surface area contributed by atoms with E-state index in [1.54, 1.807) is 4.90 Å². The van der Waals surface area contributed by atoms with Gasteiger partial charge in [-0.15, -0.1) is 0 Å². The highest BCUT2D eigenvalue weighted by molar-refractivity contribution is 5.68. The first kappa shape index (κ1) is 19.2. The third-order valence-corrected chi connectivity index (χ3v) is 3.80. The second kappa shape index (κ2) is 10.1. The van der Waals surface area contributed by atoms with Crippen LogP contribution in [0.5, 0.6) is 0 Å². The smallest absolute Gasteiger partial charge is 0.410 e. The SMILES string of the molecule is CC(C)(C)OC(=O)N1CCC(OCCCCCCCN)CC1. The van der Waals surface area contributed by atoms with Gasteiger partial charge in [0.2, 0.25) is 0 Å². The van der Waals surface area contributed by atoms with E-state index in [-0.39, 0.29) is 6.09 Å². The molecule has 130 valence electrons. The molecule has 22 heavy (non-hydrogen) atoms. The predicted octanol–water partition coefficient (Wildman–Crippen LogP) is 3.31. The number of hydrogen-bond acceptors (Lipinski definition) is 4. The fraction of sp³-hybridized carbons (Fsp3) is 0.941. The maximum Gasteiger partial charge on any atom is 0.410 e. The van der Waals surface area contributed by atoms with Crippen LogP contribution in [0.15, 0.2) is 0 Å². The van der Waals surface area contributed by atoms with Crippen molar-refractivity contribution in [2.24, 2.45) is 5.73 Å². The van der Waals surface area contributed by atoms with Crippen molar-refractivity contribution in [2.45, 2.75) is 77.4 Å². The van der Waals surface area contributed by atoms with Crippen molar-refractivity contribution in [3.63, 3.8) is 0 Å². The molecule has 2 N–H and O–H groups in total. The number of piperidine rings is 1. The number of ether oxygens (including phenoxy) is 2. The van der Waals surface area contributed by atoms with Crippen LogP contribution < -0.4 is 5.73 Å². The summed E-state index contributed by atoms with van der Waals surface area (Å²) in [4.78, 5) is 13.7. The van der Waals surface area contributed by atoms with Crippen LogP contribution in [-0.4, -0.2) is 48.9 Å². The molecule has 0 bridgehead atoms. The molecule has 1 fully saturated rings. The van der Waals surface area contributed by atoms with E-state index in [1.807, 2.05) is 20.8 Å². The van der Waals surface area contributed by atoms with Crippen molar-refractivity contribution in [2.75, 3.05) is 26.2 Å². The monoisotopic (exact) mass is 314 g/mol. The van der Waals surface area contributed by atoms with Gasteiger partial charge in [0.25, 0.3) is 0 Å². The van der Waals surface area contributed by atoms with E-state index in [0.29, 0.717) is 6.10 Å². The van der Waals surface area contributed by atoms with Gasteiger partial charge in [-0.2, -0.15) is 0 Å². The first-order valence-electron chi connectivity index (χ1n) is 8.72. The number of nitrogens with two attached hydrogens (primary N) is 1. The predicted molar refractivity (Wildman–Crippen MR) is 88.9 cm³/mol. The highest BCUT2D eigenvalue weighted by Gasteiger charge is 2.26. The van der Waals surface area contributed by atoms with Crippen LogP contribution in [0.4, 0.5) is 4.79 Å². The first-order chi connectivity index (χ1) is 10.4. The Kier molecular flexibility index (Phi) is 8.79. The normalized spacial score (nSPS) is 16.8. The van der Waals surface area contributed by atoms with E-state index in [9.17, 15) is 4.79 Å². The van der Waals surface area contributed by atoms with Gasteiger partial charge in [-0.1, -0.05) is 19.3 Å². The lowest BCUT2D eigenvalue weighted by Gasteiger charge is -2.33. The summed E-state index contributed by atoms with van der Waals surface area (Å²) < 4.78 is 11.3. The lowest BCUT2D eigenvalue weighted by molar-refractivity contribution is -0.0121. The fourth-order valence-corrected chi connectivity index (χ4v) is 2.56. The van der Waals surface area contributed by atoms with Crippen LogP contribution in [0, 0.1) is 0 Å². The molecule has 0 aromatic carbocycles. The summed E-state index contributed by atoms with van der Waals surface area (Å²) in [6, 6.07) is 0. The van der Waals surface area contributed by atoms with Gasteiger partial charge in [-0.25, -0.2) is 4.79 Å². The van der Waals surface area contributed by atoms with E-state index >= 15 is 0 Å². The quantitative estimate of drug-likeness (QED) is 0.698. The molecule has 0 aliphatic carbocycles. The first-order valence-corrected chi connectivity index (χ1v) is 8.72. The van der Waals surface area contributed by atoms with E-state index in [4.69, 9.17) is 15.2 Å². The molecule has 1 aliphatic heterocycles. The maximum absolute atomic E-state index is 12.0. The molecule has 5 heteroatoms. The topological polar surface area (TPSA) is 64.8 Å². The molecular weight excluding hydrogens is 280 g/mol. The zero-order valence-corrected chi connectivity index (χ0v) is 14.6. The van der Waals surface area contributed by atoms with Gasteiger partial charge in [0, 0.05) is 19.7 Å². The number of rotatable bonds is 8. The fourth-order valence-electron chi connectivity index (χ4n) is 2.56. The molecule has 0 unspecified atom stereocenters. The molecule has 1 saturated heterocycles. The zero-order valence-electron chi connectivity index (χ0n) is 14.6. The summed E-state index contributed by atoms with van der Waals surface area (Å²) in [7, 11) is 0. The third-order valence-electron chi connectivity index (χ3n) is 3.80. The summed E-state index contributed by atoms with van der Waals surface area (Å²) >= 11 is 0. The van der Waals surface area contributed by atoms with Crippen molar-refractivity contribution in [1.29, 1.82) is 0 Å². The molecule has 0 radical (unpaired) electrons. The van der Waals surface area contributed by atoms with Crippen LogP contribution in [0.1, 0.15) is 65.7 Å². The molecule has 0 spiro atoms. The number of amides is 1. The minimum atomic E-state index is -0.422. The second-order valence-electron chi connectivity index (χ2n) is 7.09. The highest BCUT2D eigenvalue weighted by atomic mass is 16.6. The molecule has 1 aliphatic rings. The van der Waals surface area contributed by atoms with Crippen molar-refractivity contribution in [3.8, 4) is 0 Å². The molecule has 0 aromatic rings. The number of carbonyl (C=O) groups excluding carboxylic acids is 1. The number of likely N-dealkylation sites (tertiary alicyclic amines) is 1. The van der Waals surface area contributed by atoms with Crippen LogP contribution in [0.25, 0.3) is 0 Å². The lowest BCUT2D eigenvalue weighted by atomic mass is 10.1. The van der Waals surface area contributed by atoms with Crippen LogP contribution in [0.2, 0.25) is 0 Å². The van der Waals surface area contributed by atoms with Gasteiger partial charge in [-0.05, 0) is 53.0 Å².